The van der Waals surface area contributed by atoms with Gasteiger partial charge in [-0.25, -0.2) is 4.72 Å². The quantitative estimate of drug-likeness (QED) is 0.782. The standard InChI is InChI=1S/C12H24N2O3S/c15-11-12(6-2-1-3-7-12)10-13-18(16,17)14-8-4-5-9-14/h13,15H,1-11H2. The van der Waals surface area contributed by atoms with Crippen LogP contribution in [0.5, 0.6) is 0 Å². The molecule has 0 amide bonds. The van der Waals surface area contributed by atoms with Crippen molar-refractivity contribution >= 4 is 10.2 Å². The zero-order chi connectivity index (χ0) is 13.1. The Kier molecular flexibility index (Phi) is 4.64. The van der Waals surface area contributed by atoms with Crippen molar-refractivity contribution < 1.29 is 13.5 Å². The molecule has 1 heterocycles. The summed E-state index contributed by atoms with van der Waals surface area (Å²) in [4.78, 5) is 0. The van der Waals surface area contributed by atoms with Crippen LogP contribution in [0.1, 0.15) is 44.9 Å². The van der Waals surface area contributed by atoms with Crippen LogP contribution in [0.2, 0.25) is 0 Å². The van der Waals surface area contributed by atoms with E-state index >= 15 is 0 Å². The maximum absolute atomic E-state index is 12.1. The first-order chi connectivity index (χ1) is 8.58. The summed E-state index contributed by atoms with van der Waals surface area (Å²) in [5.41, 5.74) is -0.231. The highest BCUT2D eigenvalue weighted by Gasteiger charge is 2.34. The Labute approximate surface area is 110 Å². The van der Waals surface area contributed by atoms with E-state index in [0.717, 1.165) is 38.5 Å². The maximum Gasteiger partial charge on any atom is 0.279 e. The molecule has 1 saturated carbocycles. The molecule has 1 aliphatic heterocycles. The second kappa shape index (κ2) is 5.86. The summed E-state index contributed by atoms with van der Waals surface area (Å²) < 4.78 is 28.3. The molecule has 6 heteroatoms. The first kappa shape index (κ1) is 14.2. The molecule has 2 fully saturated rings. The molecule has 1 saturated heterocycles. The van der Waals surface area contributed by atoms with Crippen LogP contribution in [0.25, 0.3) is 0 Å². The SMILES string of the molecule is O=S(=O)(NCC1(CO)CCCCC1)N1CCCC1. The molecule has 0 aromatic rings. The highest BCUT2D eigenvalue weighted by Crippen LogP contribution is 2.35. The predicted octanol–water partition coefficient (Wildman–Crippen LogP) is 0.859. The molecule has 2 aliphatic rings. The summed E-state index contributed by atoms with van der Waals surface area (Å²) in [6, 6.07) is 0. The van der Waals surface area contributed by atoms with Crippen LogP contribution >= 0.6 is 0 Å². The van der Waals surface area contributed by atoms with E-state index in [9.17, 15) is 13.5 Å². The molecule has 0 radical (unpaired) electrons. The van der Waals surface area contributed by atoms with Crippen molar-refractivity contribution in [1.29, 1.82) is 0 Å². The lowest BCUT2D eigenvalue weighted by atomic mass is 9.75. The molecule has 0 aromatic heterocycles. The Morgan fingerprint density at radius 3 is 2.22 bits per heavy atom. The van der Waals surface area contributed by atoms with E-state index in [0.29, 0.717) is 19.6 Å². The summed E-state index contributed by atoms with van der Waals surface area (Å²) in [6.45, 7) is 1.71. The van der Waals surface area contributed by atoms with Crippen molar-refractivity contribution in [2.75, 3.05) is 26.2 Å². The third-order valence-electron chi connectivity index (χ3n) is 4.28. The van der Waals surface area contributed by atoms with Gasteiger partial charge < -0.3 is 5.11 Å². The van der Waals surface area contributed by atoms with E-state index in [2.05, 4.69) is 4.72 Å². The van der Waals surface area contributed by atoms with Crippen molar-refractivity contribution in [2.24, 2.45) is 5.41 Å². The smallest absolute Gasteiger partial charge is 0.279 e. The van der Waals surface area contributed by atoms with Gasteiger partial charge in [0, 0.05) is 31.7 Å². The minimum atomic E-state index is -3.34. The fourth-order valence-electron chi connectivity index (χ4n) is 2.96. The third kappa shape index (κ3) is 3.23. The summed E-state index contributed by atoms with van der Waals surface area (Å²) in [5, 5.41) is 9.56. The largest absolute Gasteiger partial charge is 0.396 e. The number of aliphatic hydroxyl groups excluding tert-OH is 1. The first-order valence-electron chi connectivity index (χ1n) is 6.94. The summed E-state index contributed by atoms with van der Waals surface area (Å²) in [6.07, 6.45) is 7.12. The van der Waals surface area contributed by atoms with Gasteiger partial charge in [0.05, 0.1) is 0 Å². The highest BCUT2D eigenvalue weighted by atomic mass is 32.2. The monoisotopic (exact) mass is 276 g/mol. The fraction of sp³-hybridized carbons (Fsp3) is 1.00. The Hall–Kier alpha value is -0.170. The van der Waals surface area contributed by atoms with Gasteiger partial charge in [0.2, 0.25) is 0 Å². The molecular formula is C12H24N2O3S. The van der Waals surface area contributed by atoms with Crippen LogP contribution in [0.3, 0.4) is 0 Å². The normalized spacial score (nSPS) is 25.4. The Morgan fingerprint density at radius 1 is 1.06 bits per heavy atom. The minimum absolute atomic E-state index is 0.0789. The number of aliphatic hydroxyl groups is 1. The van der Waals surface area contributed by atoms with Gasteiger partial charge in [-0.15, -0.1) is 0 Å². The van der Waals surface area contributed by atoms with Gasteiger partial charge in [0.25, 0.3) is 10.2 Å². The second-order valence-corrected chi connectivity index (χ2v) is 7.41. The van der Waals surface area contributed by atoms with Gasteiger partial charge >= 0.3 is 0 Å². The summed E-state index contributed by atoms with van der Waals surface area (Å²) in [5.74, 6) is 0. The van der Waals surface area contributed by atoms with Crippen molar-refractivity contribution in [2.45, 2.75) is 44.9 Å². The summed E-state index contributed by atoms with van der Waals surface area (Å²) >= 11 is 0. The molecule has 1 aliphatic carbocycles. The van der Waals surface area contributed by atoms with E-state index in [1.807, 2.05) is 0 Å². The molecule has 2 N–H and O–H groups in total. The molecule has 0 aromatic carbocycles. The lowest BCUT2D eigenvalue weighted by molar-refractivity contribution is 0.0863. The molecular weight excluding hydrogens is 252 g/mol. The molecule has 18 heavy (non-hydrogen) atoms. The Morgan fingerprint density at radius 2 is 1.67 bits per heavy atom. The number of hydrogen-bond acceptors (Lipinski definition) is 3. The first-order valence-corrected chi connectivity index (χ1v) is 8.38. The molecule has 106 valence electrons. The third-order valence-corrected chi connectivity index (χ3v) is 5.84. The lowest BCUT2D eigenvalue weighted by Crippen LogP contribution is -2.46. The van der Waals surface area contributed by atoms with Crippen LogP contribution in [-0.4, -0.2) is 44.1 Å². The molecule has 0 bridgehead atoms. The fourth-order valence-corrected chi connectivity index (χ4v) is 4.37. The van der Waals surface area contributed by atoms with Gasteiger partial charge in [-0.2, -0.15) is 12.7 Å². The van der Waals surface area contributed by atoms with Crippen molar-refractivity contribution in [1.82, 2.24) is 9.03 Å². The van der Waals surface area contributed by atoms with Crippen LogP contribution in [0.15, 0.2) is 0 Å². The van der Waals surface area contributed by atoms with Crippen LogP contribution in [-0.2, 0) is 10.2 Å². The van der Waals surface area contributed by atoms with Crippen LogP contribution < -0.4 is 4.72 Å². The Bertz CT molecular complexity index is 358. The topological polar surface area (TPSA) is 69.6 Å². The van der Waals surface area contributed by atoms with Gasteiger partial charge in [0.15, 0.2) is 0 Å². The number of hydrogen-bond donors (Lipinski definition) is 2. The van der Waals surface area contributed by atoms with Crippen molar-refractivity contribution in [3.05, 3.63) is 0 Å². The van der Waals surface area contributed by atoms with E-state index < -0.39 is 10.2 Å². The molecule has 0 spiro atoms. The maximum atomic E-state index is 12.1. The summed E-state index contributed by atoms with van der Waals surface area (Å²) in [7, 11) is -3.34. The number of rotatable bonds is 5. The Balaban J connectivity index is 1.92. The van der Waals surface area contributed by atoms with E-state index in [4.69, 9.17) is 0 Å². The zero-order valence-electron chi connectivity index (χ0n) is 10.9. The zero-order valence-corrected chi connectivity index (χ0v) is 11.7. The minimum Gasteiger partial charge on any atom is -0.396 e. The highest BCUT2D eigenvalue weighted by molar-refractivity contribution is 7.87. The lowest BCUT2D eigenvalue weighted by Gasteiger charge is -2.36. The second-order valence-electron chi connectivity index (χ2n) is 5.65. The molecule has 2 rings (SSSR count). The number of nitrogens with zero attached hydrogens (tertiary/aromatic N) is 1. The van der Waals surface area contributed by atoms with E-state index in [1.54, 1.807) is 0 Å². The van der Waals surface area contributed by atoms with Crippen LogP contribution in [0.4, 0.5) is 0 Å². The number of nitrogens with one attached hydrogen (secondary N) is 1. The van der Waals surface area contributed by atoms with Crippen LogP contribution in [0, 0.1) is 5.41 Å². The van der Waals surface area contributed by atoms with Gasteiger partial charge in [-0.3, -0.25) is 0 Å². The van der Waals surface area contributed by atoms with E-state index in [-0.39, 0.29) is 12.0 Å². The van der Waals surface area contributed by atoms with E-state index in [1.165, 1.54) is 10.7 Å². The van der Waals surface area contributed by atoms with Crippen molar-refractivity contribution in [3.8, 4) is 0 Å². The molecule has 0 unspecified atom stereocenters. The average Bonchev–Trinajstić information content (AvgIpc) is 2.92. The van der Waals surface area contributed by atoms with Crippen molar-refractivity contribution in [3.63, 3.8) is 0 Å². The molecule has 5 nitrogen and oxygen atoms in total. The average molecular weight is 276 g/mol. The van der Waals surface area contributed by atoms with Gasteiger partial charge in [-0.05, 0) is 25.7 Å². The predicted molar refractivity (Wildman–Crippen MR) is 70.3 cm³/mol. The van der Waals surface area contributed by atoms with Gasteiger partial charge in [-0.1, -0.05) is 19.3 Å². The van der Waals surface area contributed by atoms with Gasteiger partial charge in [0.1, 0.15) is 0 Å². The molecule has 0 atom stereocenters.